The molecular weight excluding hydrogens is 416 g/mol. The van der Waals surface area contributed by atoms with Crippen molar-refractivity contribution in [2.75, 3.05) is 20.2 Å². The van der Waals surface area contributed by atoms with Gasteiger partial charge in [-0.1, -0.05) is 41.9 Å². The quantitative estimate of drug-likeness (QED) is 0.606. The molecule has 1 amide bonds. The first-order chi connectivity index (χ1) is 15.1. The maximum absolute atomic E-state index is 11.6. The predicted molar refractivity (Wildman–Crippen MR) is 117 cm³/mol. The smallest absolute Gasteiger partial charge is 0.220 e. The first-order valence-corrected chi connectivity index (χ1v) is 10.6. The average Bonchev–Trinajstić information content (AvgIpc) is 3.24. The molecule has 3 aromatic rings. The van der Waals surface area contributed by atoms with Crippen molar-refractivity contribution in [2.45, 2.75) is 25.4 Å². The van der Waals surface area contributed by atoms with Crippen LogP contribution >= 0.6 is 11.6 Å². The van der Waals surface area contributed by atoms with Crippen LogP contribution in [0.1, 0.15) is 35.8 Å². The fourth-order valence-electron chi connectivity index (χ4n) is 4.06. The topological polar surface area (TPSA) is 99.2 Å². The van der Waals surface area contributed by atoms with Gasteiger partial charge in [-0.2, -0.15) is 0 Å². The van der Waals surface area contributed by atoms with Crippen LogP contribution in [0.4, 0.5) is 0 Å². The molecule has 8 nitrogen and oxygen atoms in total. The van der Waals surface area contributed by atoms with Crippen LogP contribution in [0.25, 0.3) is 0 Å². The number of hydrogen-bond donors (Lipinski definition) is 1. The van der Waals surface area contributed by atoms with Crippen molar-refractivity contribution in [3.63, 3.8) is 0 Å². The number of nitrogens with zero attached hydrogens (tertiary/aromatic N) is 5. The number of nitrogens with two attached hydrogens (primary N) is 1. The van der Waals surface area contributed by atoms with E-state index >= 15 is 0 Å². The number of aromatic nitrogens is 4. The second-order valence-electron chi connectivity index (χ2n) is 7.68. The van der Waals surface area contributed by atoms with E-state index in [1.807, 2.05) is 48.5 Å². The van der Waals surface area contributed by atoms with E-state index in [4.69, 9.17) is 22.1 Å². The Kier molecular flexibility index (Phi) is 6.48. The molecule has 31 heavy (non-hydrogen) atoms. The van der Waals surface area contributed by atoms with Crippen LogP contribution in [-0.4, -0.2) is 51.2 Å². The van der Waals surface area contributed by atoms with Gasteiger partial charge < -0.3 is 10.5 Å². The van der Waals surface area contributed by atoms with Gasteiger partial charge >= 0.3 is 0 Å². The second kappa shape index (κ2) is 9.45. The molecule has 1 aliphatic rings. The van der Waals surface area contributed by atoms with Crippen LogP contribution in [0, 0.1) is 5.92 Å². The maximum atomic E-state index is 11.6. The lowest BCUT2D eigenvalue weighted by atomic mass is 9.93. The zero-order valence-electron chi connectivity index (χ0n) is 17.3. The van der Waals surface area contributed by atoms with Crippen molar-refractivity contribution in [2.24, 2.45) is 11.7 Å². The van der Waals surface area contributed by atoms with Gasteiger partial charge in [-0.3, -0.25) is 9.69 Å². The summed E-state index contributed by atoms with van der Waals surface area (Å²) < 4.78 is 7.04. The highest BCUT2D eigenvalue weighted by Crippen LogP contribution is 2.35. The van der Waals surface area contributed by atoms with Crippen molar-refractivity contribution in [1.29, 1.82) is 0 Å². The van der Waals surface area contributed by atoms with Gasteiger partial charge in [0.2, 0.25) is 5.91 Å². The van der Waals surface area contributed by atoms with E-state index in [9.17, 15) is 4.79 Å². The number of halogens is 1. The summed E-state index contributed by atoms with van der Waals surface area (Å²) in [6.45, 7) is 1.93. The number of methoxy groups -OCH3 is 1. The number of primary amides is 1. The van der Waals surface area contributed by atoms with Crippen LogP contribution in [-0.2, 0) is 11.3 Å². The van der Waals surface area contributed by atoms with Gasteiger partial charge in [-0.05, 0) is 65.7 Å². The van der Waals surface area contributed by atoms with Crippen LogP contribution in [0.3, 0.4) is 0 Å². The highest BCUT2D eigenvalue weighted by Gasteiger charge is 2.33. The van der Waals surface area contributed by atoms with Crippen molar-refractivity contribution in [1.82, 2.24) is 25.1 Å². The molecule has 4 rings (SSSR count). The molecule has 0 spiro atoms. The zero-order chi connectivity index (χ0) is 21.8. The number of benzene rings is 2. The summed E-state index contributed by atoms with van der Waals surface area (Å²) in [4.78, 5) is 13.9. The number of carbonyl (C=O) groups is 1. The van der Waals surface area contributed by atoms with E-state index in [0.717, 1.165) is 16.9 Å². The van der Waals surface area contributed by atoms with Crippen molar-refractivity contribution < 1.29 is 9.53 Å². The number of piperidine rings is 1. The van der Waals surface area contributed by atoms with Crippen LogP contribution in [0.2, 0.25) is 5.02 Å². The Bertz CT molecular complexity index is 1030. The third-order valence-corrected chi connectivity index (χ3v) is 6.14. The maximum Gasteiger partial charge on any atom is 0.220 e. The SMILES string of the molecule is COc1ccc(Cn2nnnc2[C@@H](c2ccccc2Cl)N2CCC(C(N)=O)CC2)cc1. The van der Waals surface area contributed by atoms with E-state index in [0.29, 0.717) is 43.3 Å². The molecule has 0 radical (unpaired) electrons. The summed E-state index contributed by atoms with van der Waals surface area (Å²) in [7, 11) is 1.64. The first kappa shape index (κ1) is 21.3. The molecule has 2 aromatic carbocycles. The number of amides is 1. The Hall–Kier alpha value is -2.97. The number of hydrogen-bond acceptors (Lipinski definition) is 6. The Balaban J connectivity index is 1.66. The molecule has 0 bridgehead atoms. The molecule has 0 saturated carbocycles. The lowest BCUT2D eigenvalue weighted by Gasteiger charge is -2.36. The van der Waals surface area contributed by atoms with Crippen molar-refractivity contribution in [3.8, 4) is 5.75 Å². The van der Waals surface area contributed by atoms with Gasteiger partial charge in [0, 0.05) is 10.9 Å². The summed E-state index contributed by atoms with van der Waals surface area (Å²) in [5.41, 5.74) is 7.52. The zero-order valence-corrected chi connectivity index (χ0v) is 18.1. The monoisotopic (exact) mass is 440 g/mol. The van der Waals surface area contributed by atoms with Crippen LogP contribution < -0.4 is 10.5 Å². The largest absolute Gasteiger partial charge is 0.497 e. The van der Waals surface area contributed by atoms with Gasteiger partial charge in [-0.25, -0.2) is 4.68 Å². The number of ether oxygens (including phenoxy) is 1. The minimum Gasteiger partial charge on any atom is -0.497 e. The minimum atomic E-state index is -0.238. The third-order valence-electron chi connectivity index (χ3n) is 5.79. The molecular formula is C22H25ClN6O2. The number of likely N-dealkylation sites (tertiary alicyclic amines) is 1. The van der Waals surface area contributed by atoms with Gasteiger partial charge in [0.1, 0.15) is 5.75 Å². The molecule has 2 N–H and O–H groups in total. The van der Waals surface area contributed by atoms with Crippen molar-refractivity contribution >= 4 is 17.5 Å². The van der Waals surface area contributed by atoms with E-state index < -0.39 is 0 Å². The molecule has 1 fully saturated rings. The minimum absolute atomic E-state index is 0.0987. The first-order valence-electron chi connectivity index (χ1n) is 10.2. The summed E-state index contributed by atoms with van der Waals surface area (Å²) in [5.74, 6) is 1.17. The van der Waals surface area contributed by atoms with Gasteiger partial charge in [0.25, 0.3) is 0 Å². The van der Waals surface area contributed by atoms with Crippen LogP contribution in [0.15, 0.2) is 48.5 Å². The Morgan fingerprint density at radius 3 is 2.55 bits per heavy atom. The molecule has 2 heterocycles. The lowest BCUT2D eigenvalue weighted by molar-refractivity contribution is -0.123. The fraction of sp³-hybridized carbons (Fsp3) is 0.364. The van der Waals surface area contributed by atoms with Gasteiger partial charge in [0.15, 0.2) is 5.82 Å². The van der Waals surface area contributed by atoms with Crippen molar-refractivity contribution in [3.05, 3.63) is 70.5 Å². The molecule has 0 unspecified atom stereocenters. The third kappa shape index (κ3) is 4.70. The number of rotatable bonds is 7. The molecule has 162 valence electrons. The molecule has 1 saturated heterocycles. The fourth-order valence-corrected chi connectivity index (χ4v) is 4.30. The van der Waals surface area contributed by atoms with Gasteiger partial charge in [-0.15, -0.1) is 5.10 Å². The summed E-state index contributed by atoms with van der Waals surface area (Å²) in [6.07, 6.45) is 1.41. The van der Waals surface area contributed by atoms with Gasteiger partial charge in [0.05, 0.1) is 19.7 Å². The summed E-state index contributed by atoms with van der Waals surface area (Å²) in [6, 6.07) is 15.3. The number of tetrazole rings is 1. The molecule has 9 heteroatoms. The predicted octanol–water partition coefficient (Wildman–Crippen LogP) is 2.67. The van der Waals surface area contributed by atoms with Crippen LogP contribution in [0.5, 0.6) is 5.75 Å². The summed E-state index contributed by atoms with van der Waals surface area (Å²) in [5, 5.41) is 13.2. The molecule has 1 aliphatic heterocycles. The number of carbonyl (C=O) groups excluding carboxylic acids is 1. The Morgan fingerprint density at radius 2 is 1.90 bits per heavy atom. The second-order valence-corrected chi connectivity index (χ2v) is 8.09. The standard InChI is InChI=1S/C22H25ClN6O2/c1-31-17-8-6-15(7-9-17)14-29-22(25-26-27-29)20(18-4-2-3-5-19(18)23)28-12-10-16(11-13-28)21(24)30/h2-9,16,20H,10-14H2,1H3,(H2,24,30)/t20-/m1/s1. The molecule has 1 aromatic heterocycles. The molecule has 1 atom stereocenters. The summed E-state index contributed by atoms with van der Waals surface area (Å²) >= 11 is 6.59. The van der Waals surface area contributed by atoms with E-state index in [2.05, 4.69) is 20.4 Å². The highest BCUT2D eigenvalue weighted by atomic mass is 35.5. The lowest BCUT2D eigenvalue weighted by Crippen LogP contribution is -2.41. The normalized spacial score (nSPS) is 16.2. The average molecular weight is 441 g/mol. The highest BCUT2D eigenvalue weighted by molar-refractivity contribution is 6.31. The Morgan fingerprint density at radius 1 is 1.19 bits per heavy atom. The van der Waals surface area contributed by atoms with E-state index in [1.165, 1.54) is 0 Å². The van der Waals surface area contributed by atoms with E-state index in [1.54, 1.807) is 11.8 Å². The van der Waals surface area contributed by atoms with E-state index in [-0.39, 0.29) is 17.9 Å². The molecule has 0 aliphatic carbocycles. The Labute approximate surface area is 185 Å².